The molecule has 2 N–H and O–H groups in total. The Bertz CT molecular complexity index is 1030. The topological polar surface area (TPSA) is 70.7 Å². The number of amides is 2. The number of hydrogen-bond donors (Lipinski definition) is 2. The SMILES string of the molecule is CC(C)(C)OC(=O)NCc1cccc(C2CCN(C(=O)C3Cc4ccc(Br)cc4N3)CC2)c1. The van der Waals surface area contributed by atoms with Gasteiger partial charge >= 0.3 is 6.09 Å². The predicted molar refractivity (Wildman–Crippen MR) is 133 cm³/mol. The number of ether oxygens (including phenoxy) is 1. The molecular formula is C26H32BrN3O3. The minimum Gasteiger partial charge on any atom is -0.444 e. The van der Waals surface area contributed by atoms with Crippen LogP contribution in [0.5, 0.6) is 0 Å². The largest absolute Gasteiger partial charge is 0.444 e. The number of benzene rings is 2. The van der Waals surface area contributed by atoms with Crippen molar-refractivity contribution in [1.82, 2.24) is 10.2 Å². The summed E-state index contributed by atoms with van der Waals surface area (Å²) in [6, 6.07) is 14.3. The summed E-state index contributed by atoms with van der Waals surface area (Å²) < 4.78 is 6.33. The number of nitrogens with zero attached hydrogens (tertiary/aromatic N) is 1. The number of likely N-dealkylation sites (tertiary alicyclic amines) is 1. The van der Waals surface area contributed by atoms with Crippen LogP contribution in [0.25, 0.3) is 0 Å². The molecule has 6 nitrogen and oxygen atoms in total. The molecule has 1 saturated heterocycles. The molecule has 0 radical (unpaired) electrons. The molecule has 0 spiro atoms. The van der Waals surface area contributed by atoms with Crippen molar-refractivity contribution < 1.29 is 14.3 Å². The van der Waals surface area contributed by atoms with Gasteiger partial charge in [-0.15, -0.1) is 0 Å². The fourth-order valence-electron chi connectivity index (χ4n) is 4.57. The van der Waals surface area contributed by atoms with Crippen molar-refractivity contribution in [1.29, 1.82) is 0 Å². The lowest BCUT2D eigenvalue weighted by Gasteiger charge is -2.34. The maximum atomic E-state index is 13.1. The van der Waals surface area contributed by atoms with Gasteiger partial charge in [0.05, 0.1) is 0 Å². The van der Waals surface area contributed by atoms with Gasteiger partial charge in [-0.2, -0.15) is 0 Å². The van der Waals surface area contributed by atoms with E-state index in [0.717, 1.165) is 48.1 Å². The van der Waals surface area contributed by atoms with Crippen LogP contribution in [-0.4, -0.2) is 41.6 Å². The molecule has 2 aromatic carbocycles. The van der Waals surface area contributed by atoms with Crippen molar-refractivity contribution in [3.05, 3.63) is 63.6 Å². The van der Waals surface area contributed by atoms with E-state index >= 15 is 0 Å². The van der Waals surface area contributed by atoms with E-state index in [1.165, 1.54) is 11.1 Å². The molecule has 1 unspecified atom stereocenters. The second-order valence-electron chi connectivity index (χ2n) is 9.90. The molecule has 33 heavy (non-hydrogen) atoms. The molecule has 1 atom stereocenters. The standard InChI is InChI=1S/C26H32BrN3O3/c1-26(2,3)33-25(32)28-16-17-5-4-6-19(13-17)18-9-11-30(12-10-18)24(31)23-14-20-7-8-21(27)15-22(20)29-23/h4-8,13,15,18,23,29H,9-12,14,16H2,1-3H3,(H,28,32). The molecule has 0 saturated carbocycles. The summed E-state index contributed by atoms with van der Waals surface area (Å²) in [5.74, 6) is 0.608. The molecule has 0 aromatic heterocycles. The van der Waals surface area contributed by atoms with Gasteiger partial charge in [0, 0.05) is 36.2 Å². The number of nitrogens with one attached hydrogen (secondary N) is 2. The van der Waals surface area contributed by atoms with Gasteiger partial charge in [-0.3, -0.25) is 4.79 Å². The molecule has 0 bridgehead atoms. The van der Waals surface area contributed by atoms with Gasteiger partial charge in [0.1, 0.15) is 11.6 Å². The quantitative estimate of drug-likeness (QED) is 0.588. The molecule has 176 valence electrons. The molecule has 2 aliphatic heterocycles. The minimum atomic E-state index is -0.509. The monoisotopic (exact) mass is 513 g/mol. The van der Waals surface area contributed by atoms with E-state index in [1.807, 2.05) is 49.9 Å². The van der Waals surface area contributed by atoms with Crippen LogP contribution < -0.4 is 10.6 Å². The van der Waals surface area contributed by atoms with E-state index in [-0.39, 0.29) is 11.9 Å². The zero-order chi connectivity index (χ0) is 23.6. The summed E-state index contributed by atoms with van der Waals surface area (Å²) in [4.78, 5) is 27.0. The normalized spacial score (nSPS) is 18.4. The van der Waals surface area contributed by atoms with Crippen molar-refractivity contribution in [3.8, 4) is 0 Å². The first-order valence-electron chi connectivity index (χ1n) is 11.6. The third-order valence-corrected chi connectivity index (χ3v) is 6.68. The predicted octanol–water partition coefficient (Wildman–Crippen LogP) is 5.22. The molecule has 7 heteroatoms. The van der Waals surface area contributed by atoms with Crippen molar-refractivity contribution in [2.45, 2.75) is 64.1 Å². The number of carbonyl (C=O) groups excluding carboxylic acids is 2. The molecule has 4 rings (SSSR count). The van der Waals surface area contributed by atoms with E-state index in [0.29, 0.717) is 12.5 Å². The van der Waals surface area contributed by atoms with Crippen LogP contribution in [0.4, 0.5) is 10.5 Å². The zero-order valence-electron chi connectivity index (χ0n) is 19.5. The van der Waals surface area contributed by atoms with Gasteiger partial charge in [0.15, 0.2) is 0 Å². The Hall–Kier alpha value is -2.54. The van der Waals surface area contributed by atoms with Crippen LogP contribution >= 0.6 is 15.9 Å². The van der Waals surface area contributed by atoms with Gasteiger partial charge in [0.2, 0.25) is 5.91 Å². The Balaban J connectivity index is 1.29. The highest BCUT2D eigenvalue weighted by Gasteiger charge is 2.32. The van der Waals surface area contributed by atoms with E-state index in [2.05, 4.69) is 44.8 Å². The van der Waals surface area contributed by atoms with E-state index in [9.17, 15) is 9.59 Å². The second-order valence-corrected chi connectivity index (χ2v) is 10.8. The summed E-state index contributed by atoms with van der Waals surface area (Å²) in [6.07, 6.45) is 2.23. The van der Waals surface area contributed by atoms with Gasteiger partial charge in [-0.05, 0) is 68.4 Å². The lowest BCUT2D eigenvalue weighted by atomic mass is 9.88. The summed E-state index contributed by atoms with van der Waals surface area (Å²) >= 11 is 3.50. The first-order chi connectivity index (χ1) is 15.7. The number of piperidine rings is 1. The van der Waals surface area contributed by atoms with Crippen LogP contribution in [0, 0.1) is 0 Å². The third kappa shape index (κ3) is 6.08. The minimum absolute atomic E-state index is 0.173. The first-order valence-corrected chi connectivity index (χ1v) is 12.4. The first kappa shape index (κ1) is 23.6. The number of carbonyl (C=O) groups is 2. The van der Waals surface area contributed by atoms with E-state index in [1.54, 1.807) is 0 Å². The molecular weight excluding hydrogens is 482 g/mol. The Morgan fingerprint density at radius 2 is 1.91 bits per heavy atom. The van der Waals surface area contributed by atoms with Crippen molar-refractivity contribution >= 4 is 33.6 Å². The van der Waals surface area contributed by atoms with Crippen LogP contribution in [0.2, 0.25) is 0 Å². The van der Waals surface area contributed by atoms with Gasteiger partial charge in [-0.25, -0.2) is 4.79 Å². The summed E-state index contributed by atoms with van der Waals surface area (Å²) in [5.41, 5.74) is 4.06. The smallest absolute Gasteiger partial charge is 0.407 e. The van der Waals surface area contributed by atoms with Crippen molar-refractivity contribution in [2.75, 3.05) is 18.4 Å². The van der Waals surface area contributed by atoms with Crippen molar-refractivity contribution in [2.24, 2.45) is 0 Å². The van der Waals surface area contributed by atoms with Gasteiger partial charge in [0.25, 0.3) is 0 Å². The van der Waals surface area contributed by atoms with E-state index < -0.39 is 11.7 Å². The average Bonchev–Trinajstić information content (AvgIpc) is 3.19. The van der Waals surface area contributed by atoms with Crippen LogP contribution in [0.15, 0.2) is 46.9 Å². The molecule has 2 aliphatic rings. The van der Waals surface area contributed by atoms with Crippen LogP contribution in [0.1, 0.15) is 56.2 Å². The fraction of sp³-hybridized carbons (Fsp3) is 0.462. The highest BCUT2D eigenvalue weighted by molar-refractivity contribution is 9.10. The van der Waals surface area contributed by atoms with E-state index in [4.69, 9.17) is 4.74 Å². The Labute approximate surface area is 204 Å². The zero-order valence-corrected chi connectivity index (χ0v) is 21.1. The Morgan fingerprint density at radius 1 is 1.15 bits per heavy atom. The van der Waals surface area contributed by atoms with Crippen LogP contribution in [-0.2, 0) is 22.5 Å². The Morgan fingerprint density at radius 3 is 2.64 bits per heavy atom. The van der Waals surface area contributed by atoms with Crippen LogP contribution in [0.3, 0.4) is 0 Å². The molecule has 2 amide bonds. The molecule has 1 fully saturated rings. The third-order valence-electron chi connectivity index (χ3n) is 6.19. The fourth-order valence-corrected chi connectivity index (χ4v) is 4.93. The Kier molecular flexibility index (Phi) is 6.98. The number of anilines is 1. The summed E-state index contributed by atoms with van der Waals surface area (Å²) in [7, 11) is 0. The number of rotatable bonds is 4. The highest BCUT2D eigenvalue weighted by Crippen LogP contribution is 2.32. The highest BCUT2D eigenvalue weighted by atomic mass is 79.9. The summed E-state index contributed by atoms with van der Waals surface area (Å²) in [5, 5.41) is 6.22. The van der Waals surface area contributed by atoms with Crippen molar-refractivity contribution in [3.63, 3.8) is 0 Å². The molecule has 2 aromatic rings. The maximum Gasteiger partial charge on any atom is 0.407 e. The second kappa shape index (κ2) is 9.75. The number of halogens is 1. The average molecular weight is 514 g/mol. The maximum absolute atomic E-state index is 13.1. The van der Waals surface area contributed by atoms with Gasteiger partial charge < -0.3 is 20.3 Å². The lowest BCUT2D eigenvalue weighted by molar-refractivity contribution is -0.132. The van der Waals surface area contributed by atoms with Gasteiger partial charge in [-0.1, -0.05) is 46.3 Å². The number of hydrogen-bond acceptors (Lipinski definition) is 4. The lowest BCUT2D eigenvalue weighted by Crippen LogP contribution is -2.45. The molecule has 0 aliphatic carbocycles. The number of alkyl carbamates (subject to hydrolysis) is 1. The number of fused-ring (bicyclic) bond motifs is 1. The summed E-state index contributed by atoms with van der Waals surface area (Å²) in [6.45, 7) is 7.52. The molecule has 2 heterocycles.